The molecule has 5 heteroatoms. The highest BCUT2D eigenvalue weighted by molar-refractivity contribution is 6.02. The number of carbonyl (C=O) groups excluding carboxylic acids is 2. The van der Waals surface area contributed by atoms with Crippen molar-refractivity contribution in [3.63, 3.8) is 0 Å². The molecule has 110 valence electrons. The molecule has 0 fully saturated rings. The van der Waals surface area contributed by atoms with Crippen molar-refractivity contribution in [3.05, 3.63) is 29.8 Å². The van der Waals surface area contributed by atoms with Crippen molar-refractivity contribution in [1.82, 2.24) is 0 Å². The Morgan fingerprint density at radius 1 is 1.25 bits per heavy atom. The van der Waals surface area contributed by atoms with E-state index in [9.17, 15) is 9.59 Å². The first kappa shape index (κ1) is 16.2. The van der Waals surface area contributed by atoms with Gasteiger partial charge in [0, 0.05) is 6.42 Å². The van der Waals surface area contributed by atoms with Crippen molar-refractivity contribution in [3.8, 4) is 0 Å². The Morgan fingerprint density at radius 2 is 1.90 bits per heavy atom. The zero-order chi connectivity index (χ0) is 15.1. The van der Waals surface area contributed by atoms with Gasteiger partial charge in [0.15, 0.2) is 0 Å². The molecule has 0 aliphatic carbocycles. The number of nitrogens with two attached hydrogens (primary N) is 2. The summed E-state index contributed by atoms with van der Waals surface area (Å²) in [6, 6.07) is 6.71. The first-order valence-corrected chi connectivity index (χ1v) is 6.82. The van der Waals surface area contributed by atoms with Crippen LogP contribution in [0.3, 0.4) is 0 Å². The van der Waals surface area contributed by atoms with Gasteiger partial charge < -0.3 is 16.8 Å². The summed E-state index contributed by atoms with van der Waals surface area (Å²) in [7, 11) is 0. The Bertz CT molecular complexity index is 472. The molecule has 1 aromatic carbocycles. The van der Waals surface area contributed by atoms with E-state index in [0.29, 0.717) is 30.1 Å². The van der Waals surface area contributed by atoms with Crippen LogP contribution in [0.2, 0.25) is 0 Å². The van der Waals surface area contributed by atoms with E-state index in [1.165, 1.54) is 0 Å². The molecule has 0 saturated carbocycles. The molecule has 5 N–H and O–H groups in total. The second-order valence-electron chi connectivity index (χ2n) is 5.39. The van der Waals surface area contributed by atoms with E-state index in [0.717, 1.165) is 6.42 Å². The van der Waals surface area contributed by atoms with Crippen molar-refractivity contribution in [2.24, 2.45) is 23.3 Å². The minimum atomic E-state index is -0.557. The molecule has 0 saturated heterocycles. The predicted octanol–water partition coefficient (Wildman–Crippen LogP) is 1.74. The summed E-state index contributed by atoms with van der Waals surface area (Å²) in [4.78, 5) is 23.3. The van der Waals surface area contributed by atoms with Gasteiger partial charge in [-0.15, -0.1) is 0 Å². The SMILES string of the molecule is CC(C)C[C@H](CN)CC(=O)Nc1ccccc1C(N)=O. The number of amides is 2. The van der Waals surface area contributed by atoms with Gasteiger partial charge in [-0.05, 0) is 36.9 Å². The Kier molecular flexibility index (Phi) is 6.18. The highest BCUT2D eigenvalue weighted by Crippen LogP contribution is 2.18. The summed E-state index contributed by atoms with van der Waals surface area (Å²) in [5.41, 5.74) is 11.7. The van der Waals surface area contributed by atoms with Crippen LogP contribution in [0, 0.1) is 11.8 Å². The van der Waals surface area contributed by atoms with E-state index < -0.39 is 5.91 Å². The molecular formula is C15H23N3O2. The molecule has 0 aromatic heterocycles. The molecular weight excluding hydrogens is 254 g/mol. The van der Waals surface area contributed by atoms with Gasteiger partial charge in [-0.1, -0.05) is 26.0 Å². The second kappa shape index (κ2) is 7.65. The first-order chi connectivity index (χ1) is 9.43. The summed E-state index contributed by atoms with van der Waals surface area (Å²) in [6.07, 6.45) is 1.25. The average molecular weight is 277 g/mol. The van der Waals surface area contributed by atoms with Gasteiger partial charge in [-0.25, -0.2) is 0 Å². The molecule has 2 amide bonds. The average Bonchev–Trinajstić information content (AvgIpc) is 2.37. The Labute approximate surface area is 119 Å². The maximum atomic E-state index is 12.0. The lowest BCUT2D eigenvalue weighted by Crippen LogP contribution is -2.24. The molecule has 0 aliphatic rings. The summed E-state index contributed by atoms with van der Waals surface area (Å²) in [6.45, 7) is 4.68. The third kappa shape index (κ3) is 5.01. The molecule has 0 radical (unpaired) electrons. The van der Waals surface area contributed by atoms with Crippen LogP contribution in [0.15, 0.2) is 24.3 Å². The van der Waals surface area contributed by atoms with E-state index in [4.69, 9.17) is 11.5 Å². The fraction of sp³-hybridized carbons (Fsp3) is 0.467. The van der Waals surface area contributed by atoms with E-state index in [2.05, 4.69) is 19.2 Å². The number of para-hydroxylation sites is 1. The summed E-state index contributed by atoms with van der Waals surface area (Å²) in [5.74, 6) is -0.0572. The third-order valence-corrected chi connectivity index (χ3v) is 3.08. The fourth-order valence-electron chi connectivity index (χ4n) is 2.20. The van der Waals surface area contributed by atoms with E-state index in [1.54, 1.807) is 24.3 Å². The van der Waals surface area contributed by atoms with Crippen molar-refractivity contribution in [2.75, 3.05) is 11.9 Å². The number of carbonyl (C=O) groups is 2. The highest BCUT2D eigenvalue weighted by Gasteiger charge is 2.16. The van der Waals surface area contributed by atoms with Crippen molar-refractivity contribution >= 4 is 17.5 Å². The maximum absolute atomic E-state index is 12.0. The number of hydrogen-bond donors (Lipinski definition) is 3. The predicted molar refractivity (Wildman–Crippen MR) is 80.2 cm³/mol. The van der Waals surface area contributed by atoms with Crippen molar-refractivity contribution in [1.29, 1.82) is 0 Å². The van der Waals surface area contributed by atoms with Gasteiger partial charge in [0.2, 0.25) is 5.91 Å². The van der Waals surface area contributed by atoms with Crippen LogP contribution in [0.25, 0.3) is 0 Å². The summed E-state index contributed by atoms with van der Waals surface area (Å²) >= 11 is 0. The number of benzene rings is 1. The molecule has 0 unspecified atom stereocenters. The minimum Gasteiger partial charge on any atom is -0.366 e. The number of primary amides is 1. The van der Waals surface area contributed by atoms with Crippen LogP contribution in [-0.4, -0.2) is 18.4 Å². The van der Waals surface area contributed by atoms with Crippen LogP contribution in [-0.2, 0) is 4.79 Å². The number of anilines is 1. The molecule has 1 rings (SSSR count). The molecule has 20 heavy (non-hydrogen) atoms. The lowest BCUT2D eigenvalue weighted by molar-refractivity contribution is -0.117. The smallest absolute Gasteiger partial charge is 0.250 e. The van der Waals surface area contributed by atoms with Gasteiger partial charge in [-0.2, -0.15) is 0 Å². The van der Waals surface area contributed by atoms with Crippen LogP contribution < -0.4 is 16.8 Å². The normalized spacial score (nSPS) is 12.2. The van der Waals surface area contributed by atoms with Crippen LogP contribution in [0.4, 0.5) is 5.69 Å². The van der Waals surface area contributed by atoms with Crippen molar-refractivity contribution in [2.45, 2.75) is 26.7 Å². The monoisotopic (exact) mass is 277 g/mol. The quantitative estimate of drug-likeness (QED) is 0.708. The first-order valence-electron chi connectivity index (χ1n) is 6.82. The topological polar surface area (TPSA) is 98.2 Å². The lowest BCUT2D eigenvalue weighted by Gasteiger charge is -2.17. The largest absolute Gasteiger partial charge is 0.366 e. The number of nitrogens with one attached hydrogen (secondary N) is 1. The van der Waals surface area contributed by atoms with E-state index in [1.807, 2.05) is 0 Å². The molecule has 1 aromatic rings. The molecule has 0 bridgehead atoms. The second-order valence-corrected chi connectivity index (χ2v) is 5.39. The van der Waals surface area contributed by atoms with Gasteiger partial charge in [0.1, 0.15) is 0 Å². The Hall–Kier alpha value is -1.88. The maximum Gasteiger partial charge on any atom is 0.250 e. The lowest BCUT2D eigenvalue weighted by atomic mass is 9.94. The number of rotatable bonds is 7. The molecule has 0 aliphatic heterocycles. The van der Waals surface area contributed by atoms with Crippen molar-refractivity contribution < 1.29 is 9.59 Å². The molecule has 5 nitrogen and oxygen atoms in total. The summed E-state index contributed by atoms with van der Waals surface area (Å²) in [5, 5.41) is 2.73. The zero-order valence-electron chi connectivity index (χ0n) is 12.1. The standard InChI is InChI=1S/C15H23N3O2/c1-10(2)7-11(9-16)8-14(19)18-13-6-4-3-5-12(13)15(17)20/h3-6,10-11H,7-9,16H2,1-2H3,(H2,17,20)(H,18,19)/t11-/m0/s1. The van der Waals surface area contributed by atoms with Gasteiger partial charge in [-0.3, -0.25) is 9.59 Å². The van der Waals surface area contributed by atoms with Gasteiger partial charge in [0.05, 0.1) is 11.3 Å². The van der Waals surface area contributed by atoms with Crippen LogP contribution in [0.1, 0.15) is 37.0 Å². The highest BCUT2D eigenvalue weighted by atomic mass is 16.2. The summed E-state index contributed by atoms with van der Waals surface area (Å²) < 4.78 is 0. The molecule has 1 atom stereocenters. The fourth-order valence-corrected chi connectivity index (χ4v) is 2.20. The van der Waals surface area contributed by atoms with Crippen LogP contribution >= 0.6 is 0 Å². The minimum absolute atomic E-state index is 0.144. The molecule has 0 spiro atoms. The number of hydrogen-bond acceptors (Lipinski definition) is 3. The van der Waals surface area contributed by atoms with Gasteiger partial charge in [0.25, 0.3) is 5.91 Å². The Morgan fingerprint density at radius 3 is 2.45 bits per heavy atom. The van der Waals surface area contributed by atoms with E-state index in [-0.39, 0.29) is 11.8 Å². The molecule has 0 heterocycles. The Balaban J connectivity index is 2.69. The zero-order valence-corrected chi connectivity index (χ0v) is 12.1. The van der Waals surface area contributed by atoms with E-state index >= 15 is 0 Å². The van der Waals surface area contributed by atoms with Crippen LogP contribution in [0.5, 0.6) is 0 Å². The van der Waals surface area contributed by atoms with Gasteiger partial charge >= 0.3 is 0 Å². The third-order valence-electron chi connectivity index (χ3n) is 3.08.